The van der Waals surface area contributed by atoms with Crippen molar-refractivity contribution in [2.24, 2.45) is 0 Å². The fourth-order valence-corrected chi connectivity index (χ4v) is 2.92. The monoisotopic (exact) mass is 292 g/mol. The second kappa shape index (κ2) is 6.15. The van der Waals surface area contributed by atoms with E-state index in [9.17, 15) is 0 Å². The third-order valence-electron chi connectivity index (χ3n) is 3.87. The number of rotatable bonds is 3. The van der Waals surface area contributed by atoms with Gasteiger partial charge in [-0.2, -0.15) is 0 Å². The molecule has 3 aromatic carbocycles. The van der Waals surface area contributed by atoms with Gasteiger partial charge in [0.15, 0.2) is 0 Å². The minimum absolute atomic E-state index is 0.280. The average Bonchev–Trinajstić information content (AvgIpc) is 2.56. The number of halogens is 1. The molecule has 0 aliphatic carbocycles. The number of benzene rings is 3. The van der Waals surface area contributed by atoms with Gasteiger partial charge < -0.3 is 0 Å². The second-order valence-corrected chi connectivity index (χ2v) is 5.64. The van der Waals surface area contributed by atoms with Crippen LogP contribution < -0.4 is 0 Å². The summed E-state index contributed by atoms with van der Waals surface area (Å²) in [4.78, 5) is 0. The van der Waals surface area contributed by atoms with Crippen molar-refractivity contribution in [2.45, 2.75) is 12.8 Å². The van der Waals surface area contributed by atoms with Gasteiger partial charge in [-0.3, -0.25) is 0 Å². The molecule has 0 bridgehead atoms. The zero-order valence-corrected chi connectivity index (χ0v) is 12.7. The molecular weight excluding hydrogens is 276 g/mol. The van der Waals surface area contributed by atoms with Crippen molar-refractivity contribution < 1.29 is 0 Å². The Labute approximate surface area is 131 Å². The molecule has 0 nitrogen and oxygen atoms in total. The highest BCUT2D eigenvalue weighted by Gasteiger charge is 2.12. The first-order chi connectivity index (χ1) is 10.3. The molecule has 0 N–H and O–H groups in total. The maximum Gasteiger partial charge on any atom is 0.0444 e. The molecule has 3 rings (SSSR count). The molecule has 1 heteroatoms. The van der Waals surface area contributed by atoms with Crippen molar-refractivity contribution in [1.82, 2.24) is 0 Å². The maximum atomic E-state index is 6.33. The molecule has 0 radical (unpaired) electrons. The molecule has 0 aliphatic rings. The lowest BCUT2D eigenvalue weighted by Crippen LogP contribution is -1.97. The van der Waals surface area contributed by atoms with Gasteiger partial charge in [-0.25, -0.2) is 0 Å². The molecule has 0 saturated carbocycles. The van der Waals surface area contributed by atoms with E-state index in [0.717, 1.165) is 5.02 Å². The Hall–Kier alpha value is -2.05. The average molecular weight is 293 g/mol. The van der Waals surface area contributed by atoms with Crippen molar-refractivity contribution in [3.63, 3.8) is 0 Å². The van der Waals surface area contributed by atoms with Crippen LogP contribution in [0.15, 0.2) is 78.9 Å². The van der Waals surface area contributed by atoms with Crippen molar-refractivity contribution in [2.75, 3.05) is 0 Å². The highest BCUT2D eigenvalue weighted by Crippen LogP contribution is 2.31. The van der Waals surface area contributed by atoms with Gasteiger partial charge in [0.25, 0.3) is 0 Å². The van der Waals surface area contributed by atoms with Gasteiger partial charge in [0.1, 0.15) is 0 Å². The Morgan fingerprint density at radius 3 is 2.14 bits per heavy atom. The number of hydrogen-bond acceptors (Lipinski definition) is 0. The van der Waals surface area contributed by atoms with Gasteiger partial charge in [-0.1, -0.05) is 91.3 Å². The Balaban J connectivity index is 1.99. The van der Waals surface area contributed by atoms with E-state index in [1.165, 1.54) is 22.3 Å². The lowest BCUT2D eigenvalue weighted by Gasteiger charge is -2.15. The highest BCUT2D eigenvalue weighted by molar-refractivity contribution is 6.31. The van der Waals surface area contributed by atoms with Crippen molar-refractivity contribution in [3.8, 4) is 11.1 Å². The van der Waals surface area contributed by atoms with Crippen LogP contribution in [0.25, 0.3) is 11.1 Å². The molecule has 1 atom stereocenters. The molecular formula is C20H17Cl. The third-order valence-corrected chi connectivity index (χ3v) is 4.21. The van der Waals surface area contributed by atoms with E-state index in [-0.39, 0.29) is 5.92 Å². The van der Waals surface area contributed by atoms with Crippen LogP contribution in [0.2, 0.25) is 5.02 Å². The summed E-state index contributed by atoms with van der Waals surface area (Å²) >= 11 is 6.33. The van der Waals surface area contributed by atoms with Gasteiger partial charge in [-0.05, 0) is 28.3 Å². The summed E-state index contributed by atoms with van der Waals surface area (Å²) in [5.74, 6) is 0.280. The Morgan fingerprint density at radius 1 is 0.714 bits per heavy atom. The SMILES string of the molecule is C[C@@H](c1cccc(-c2ccccc2)c1)c1ccccc1Cl. The molecule has 0 aromatic heterocycles. The first kappa shape index (κ1) is 13.9. The van der Waals surface area contributed by atoms with E-state index >= 15 is 0 Å². The zero-order chi connectivity index (χ0) is 14.7. The molecule has 0 fully saturated rings. The highest BCUT2D eigenvalue weighted by atomic mass is 35.5. The normalized spacial score (nSPS) is 12.1. The van der Waals surface area contributed by atoms with Gasteiger partial charge >= 0.3 is 0 Å². The largest absolute Gasteiger partial charge is 0.0840 e. The second-order valence-electron chi connectivity index (χ2n) is 5.23. The van der Waals surface area contributed by atoms with Crippen LogP contribution in [0.1, 0.15) is 24.0 Å². The summed E-state index contributed by atoms with van der Waals surface area (Å²) in [7, 11) is 0. The molecule has 0 saturated heterocycles. The molecule has 0 amide bonds. The molecule has 0 heterocycles. The Kier molecular flexibility index (Phi) is 4.08. The fourth-order valence-electron chi connectivity index (χ4n) is 2.62. The van der Waals surface area contributed by atoms with Crippen molar-refractivity contribution >= 4 is 11.6 Å². The fraction of sp³-hybridized carbons (Fsp3) is 0.100. The van der Waals surface area contributed by atoms with Crippen molar-refractivity contribution in [1.29, 1.82) is 0 Å². The zero-order valence-electron chi connectivity index (χ0n) is 12.0. The predicted molar refractivity (Wildman–Crippen MR) is 90.8 cm³/mol. The minimum Gasteiger partial charge on any atom is -0.0840 e. The topological polar surface area (TPSA) is 0 Å². The standard InChI is InChI=1S/C20H17Cl/c1-15(19-12-5-6-13-20(19)21)17-10-7-11-18(14-17)16-8-3-2-4-9-16/h2-15H,1H3/t15-/m0/s1. The van der Waals surface area contributed by atoms with Crippen LogP contribution in [0, 0.1) is 0 Å². The lowest BCUT2D eigenvalue weighted by molar-refractivity contribution is 0.923. The predicted octanol–water partition coefficient (Wildman–Crippen LogP) is 6.16. The van der Waals surface area contributed by atoms with Gasteiger partial charge in [-0.15, -0.1) is 0 Å². The van der Waals surface area contributed by atoms with E-state index in [0.29, 0.717) is 0 Å². The maximum absolute atomic E-state index is 6.33. The van der Waals surface area contributed by atoms with E-state index in [4.69, 9.17) is 11.6 Å². The molecule has 3 aromatic rings. The quantitative estimate of drug-likeness (QED) is 0.542. The van der Waals surface area contributed by atoms with Crippen LogP contribution in [0.5, 0.6) is 0 Å². The first-order valence-electron chi connectivity index (χ1n) is 7.15. The Bertz CT molecular complexity index is 732. The van der Waals surface area contributed by atoms with Crippen LogP contribution in [0.3, 0.4) is 0 Å². The lowest BCUT2D eigenvalue weighted by atomic mass is 9.91. The first-order valence-corrected chi connectivity index (χ1v) is 7.53. The third kappa shape index (κ3) is 3.01. The summed E-state index contributed by atoms with van der Waals surface area (Å²) in [6, 6.07) is 27.2. The van der Waals surface area contributed by atoms with Gasteiger partial charge in [0.2, 0.25) is 0 Å². The van der Waals surface area contributed by atoms with Crippen LogP contribution in [0.4, 0.5) is 0 Å². The van der Waals surface area contributed by atoms with Gasteiger partial charge in [0, 0.05) is 10.9 Å². The minimum atomic E-state index is 0.280. The van der Waals surface area contributed by atoms with E-state index in [2.05, 4.69) is 61.5 Å². The molecule has 21 heavy (non-hydrogen) atoms. The Morgan fingerprint density at radius 2 is 1.38 bits per heavy atom. The summed E-state index contributed by atoms with van der Waals surface area (Å²) < 4.78 is 0. The van der Waals surface area contributed by atoms with E-state index in [1.807, 2.05) is 24.3 Å². The van der Waals surface area contributed by atoms with Crippen LogP contribution >= 0.6 is 11.6 Å². The smallest absolute Gasteiger partial charge is 0.0444 e. The summed E-state index contributed by atoms with van der Waals surface area (Å²) in [6.45, 7) is 2.20. The molecule has 104 valence electrons. The summed E-state index contributed by atoms with van der Waals surface area (Å²) in [5, 5.41) is 0.829. The van der Waals surface area contributed by atoms with Crippen molar-refractivity contribution in [3.05, 3.63) is 95.0 Å². The number of hydrogen-bond donors (Lipinski definition) is 0. The van der Waals surface area contributed by atoms with Crippen LogP contribution in [-0.4, -0.2) is 0 Å². The van der Waals surface area contributed by atoms with Gasteiger partial charge in [0.05, 0.1) is 0 Å². The van der Waals surface area contributed by atoms with E-state index < -0.39 is 0 Å². The van der Waals surface area contributed by atoms with Crippen LogP contribution in [-0.2, 0) is 0 Å². The molecule has 0 spiro atoms. The van der Waals surface area contributed by atoms with E-state index in [1.54, 1.807) is 0 Å². The molecule has 0 unspecified atom stereocenters. The summed E-state index contributed by atoms with van der Waals surface area (Å²) in [5.41, 5.74) is 4.94. The summed E-state index contributed by atoms with van der Waals surface area (Å²) in [6.07, 6.45) is 0. The molecule has 0 aliphatic heterocycles.